The molecule has 0 aliphatic carbocycles. The van der Waals surface area contributed by atoms with Crippen LogP contribution in [0.3, 0.4) is 0 Å². The molecule has 2 aromatic rings. The quantitative estimate of drug-likeness (QED) is 0.398. The van der Waals surface area contributed by atoms with Crippen LogP contribution in [0.25, 0.3) is 6.08 Å². The first kappa shape index (κ1) is 22.5. The zero-order valence-corrected chi connectivity index (χ0v) is 17.2. The molecule has 3 rings (SSSR count). The van der Waals surface area contributed by atoms with Gasteiger partial charge in [-0.2, -0.15) is 0 Å². The van der Waals surface area contributed by atoms with Crippen molar-refractivity contribution in [3.05, 3.63) is 59.4 Å². The number of anilines is 1. The molecule has 1 heterocycles. The van der Waals surface area contributed by atoms with Crippen molar-refractivity contribution in [3.8, 4) is 11.5 Å². The van der Waals surface area contributed by atoms with Crippen LogP contribution in [-0.2, 0) is 19.1 Å². The highest BCUT2D eigenvalue weighted by Crippen LogP contribution is 2.30. The van der Waals surface area contributed by atoms with E-state index in [4.69, 9.17) is 14.2 Å². The lowest BCUT2D eigenvalue weighted by atomic mass is 10.1. The molecule has 4 amide bonds. The summed E-state index contributed by atoms with van der Waals surface area (Å²) in [6, 6.07) is 8.27. The van der Waals surface area contributed by atoms with Crippen molar-refractivity contribution in [2.45, 2.75) is 6.92 Å². The third-order valence-electron chi connectivity index (χ3n) is 4.34. The minimum Gasteiger partial charge on any atom is -0.493 e. The third kappa shape index (κ3) is 4.91. The fourth-order valence-corrected chi connectivity index (χ4v) is 2.88. The van der Waals surface area contributed by atoms with Crippen LogP contribution in [0, 0.1) is 5.82 Å². The van der Waals surface area contributed by atoms with E-state index >= 15 is 0 Å². The first-order chi connectivity index (χ1) is 15.3. The lowest BCUT2D eigenvalue weighted by Gasteiger charge is -2.26. The van der Waals surface area contributed by atoms with Crippen molar-refractivity contribution in [1.29, 1.82) is 0 Å². The van der Waals surface area contributed by atoms with Crippen molar-refractivity contribution in [3.63, 3.8) is 0 Å². The number of rotatable bonds is 7. The maximum Gasteiger partial charge on any atom is 0.344 e. The number of ether oxygens (including phenoxy) is 3. The van der Waals surface area contributed by atoms with Crippen molar-refractivity contribution >= 4 is 35.6 Å². The molecule has 1 N–H and O–H groups in total. The van der Waals surface area contributed by atoms with Gasteiger partial charge < -0.3 is 14.2 Å². The Morgan fingerprint density at radius 2 is 1.81 bits per heavy atom. The van der Waals surface area contributed by atoms with Gasteiger partial charge in [0, 0.05) is 0 Å². The summed E-state index contributed by atoms with van der Waals surface area (Å²) in [4.78, 5) is 49.6. The Bertz CT molecular complexity index is 1100. The topological polar surface area (TPSA) is 111 Å². The molecule has 0 bridgehead atoms. The summed E-state index contributed by atoms with van der Waals surface area (Å²) < 4.78 is 28.6. The van der Waals surface area contributed by atoms with E-state index in [-0.39, 0.29) is 36.0 Å². The van der Waals surface area contributed by atoms with E-state index in [2.05, 4.69) is 5.32 Å². The summed E-state index contributed by atoms with van der Waals surface area (Å²) in [5, 5.41) is 2.09. The van der Waals surface area contributed by atoms with Crippen molar-refractivity contribution in [2.75, 3.05) is 25.2 Å². The minimum absolute atomic E-state index is 0.104. The summed E-state index contributed by atoms with van der Waals surface area (Å²) in [6.07, 6.45) is 1.28. The lowest BCUT2D eigenvalue weighted by molar-refractivity contribution is -0.145. The van der Waals surface area contributed by atoms with Crippen LogP contribution in [-0.4, -0.2) is 44.1 Å². The summed E-state index contributed by atoms with van der Waals surface area (Å²) in [5.41, 5.74) is 0.195. The molecule has 2 aromatic carbocycles. The van der Waals surface area contributed by atoms with Crippen molar-refractivity contribution in [1.82, 2.24) is 5.32 Å². The normalized spacial score (nSPS) is 14.9. The van der Waals surface area contributed by atoms with Crippen molar-refractivity contribution < 1.29 is 37.8 Å². The Labute approximate surface area is 182 Å². The number of imide groups is 2. The minimum atomic E-state index is -0.941. The Morgan fingerprint density at radius 1 is 1.09 bits per heavy atom. The summed E-state index contributed by atoms with van der Waals surface area (Å²) in [7, 11) is 1.39. The van der Waals surface area contributed by atoms with Gasteiger partial charge in [0.1, 0.15) is 11.4 Å². The van der Waals surface area contributed by atoms with E-state index in [0.717, 1.165) is 17.0 Å². The molecule has 9 nitrogen and oxygen atoms in total. The molecule has 32 heavy (non-hydrogen) atoms. The molecule has 0 radical (unpaired) electrons. The second kappa shape index (κ2) is 9.73. The number of carbonyl (C=O) groups excluding carboxylic acids is 4. The smallest absolute Gasteiger partial charge is 0.344 e. The van der Waals surface area contributed by atoms with Gasteiger partial charge in [-0.1, -0.05) is 6.07 Å². The first-order valence-electron chi connectivity index (χ1n) is 9.47. The molecule has 0 saturated carbocycles. The van der Waals surface area contributed by atoms with E-state index in [1.807, 2.05) is 0 Å². The van der Waals surface area contributed by atoms with Gasteiger partial charge in [-0.3, -0.25) is 14.9 Å². The number of carbonyl (C=O) groups is 4. The molecule has 0 atom stereocenters. The van der Waals surface area contributed by atoms with Gasteiger partial charge in [-0.15, -0.1) is 0 Å². The van der Waals surface area contributed by atoms with Crippen LogP contribution in [0.5, 0.6) is 11.5 Å². The Morgan fingerprint density at radius 3 is 2.47 bits per heavy atom. The average Bonchev–Trinajstić information content (AvgIpc) is 2.77. The number of urea groups is 1. The van der Waals surface area contributed by atoms with E-state index in [0.29, 0.717) is 5.56 Å². The average molecular weight is 442 g/mol. The molecule has 1 aliphatic heterocycles. The number of nitrogens with zero attached hydrogens (tertiary/aromatic N) is 1. The Balaban J connectivity index is 1.87. The maximum atomic E-state index is 13.2. The highest BCUT2D eigenvalue weighted by Gasteiger charge is 2.36. The monoisotopic (exact) mass is 442 g/mol. The van der Waals surface area contributed by atoms with Gasteiger partial charge in [0.2, 0.25) is 0 Å². The number of amides is 4. The number of barbiturate groups is 1. The van der Waals surface area contributed by atoms with Crippen LogP contribution >= 0.6 is 0 Å². The zero-order valence-electron chi connectivity index (χ0n) is 17.2. The molecule has 0 spiro atoms. The van der Waals surface area contributed by atoms with Gasteiger partial charge in [0.05, 0.1) is 19.4 Å². The summed E-state index contributed by atoms with van der Waals surface area (Å²) in [6.45, 7) is 1.58. The zero-order chi connectivity index (χ0) is 23.3. The SMILES string of the molecule is CCOC(=O)COc1ccc(/C=C2\C(=O)NC(=O)N(c3ccc(F)cc3)C2=O)cc1OC. The highest BCUT2D eigenvalue weighted by molar-refractivity contribution is 6.39. The highest BCUT2D eigenvalue weighted by atomic mass is 19.1. The standard InChI is InChI=1S/C22H19FN2O7/c1-3-31-19(26)12-32-17-9-4-13(11-18(17)30-2)10-16-20(27)24-22(29)25(21(16)28)15-7-5-14(23)6-8-15/h4-11H,3,12H2,1-2H3,(H,24,27,29)/b16-10+. The fraction of sp³-hybridized carbons (Fsp3) is 0.182. The van der Waals surface area contributed by atoms with E-state index in [1.54, 1.807) is 6.92 Å². The number of nitrogens with one attached hydrogen (secondary N) is 1. The Kier molecular flexibility index (Phi) is 6.83. The number of esters is 1. The lowest BCUT2D eigenvalue weighted by Crippen LogP contribution is -2.54. The van der Waals surface area contributed by atoms with Crippen LogP contribution < -0.4 is 19.7 Å². The van der Waals surface area contributed by atoms with Crippen LogP contribution in [0.1, 0.15) is 12.5 Å². The molecule has 1 saturated heterocycles. The van der Waals surface area contributed by atoms with Gasteiger partial charge in [-0.05, 0) is 55.0 Å². The van der Waals surface area contributed by atoms with E-state index in [1.165, 1.54) is 43.5 Å². The predicted octanol–water partition coefficient (Wildman–Crippen LogP) is 2.44. The molecule has 0 unspecified atom stereocenters. The summed E-state index contributed by atoms with van der Waals surface area (Å²) in [5.74, 6) is -2.32. The third-order valence-corrected chi connectivity index (χ3v) is 4.34. The molecular weight excluding hydrogens is 423 g/mol. The van der Waals surface area contributed by atoms with E-state index in [9.17, 15) is 23.6 Å². The number of methoxy groups -OCH3 is 1. The molecule has 10 heteroatoms. The fourth-order valence-electron chi connectivity index (χ4n) is 2.88. The summed E-state index contributed by atoms with van der Waals surface area (Å²) >= 11 is 0. The van der Waals surface area contributed by atoms with Crippen LogP contribution in [0.2, 0.25) is 0 Å². The molecular formula is C22H19FN2O7. The number of halogens is 1. The second-order valence-corrected chi connectivity index (χ2v) is 6.44. The Hall–Kier alpha value is -4.21. The van der Waals surface area contributed by atoms with Gasteiger partial charge in [-0.25, -0.2) is 18.9 Å². The molecule has 166 valence electrons. The number of benzene rings is 2. The van der Waals surface area contributed by atoms with Gasteiger partial charge in [0.25, 0.3) is 11.8 Å². The van der Waals surface area contributed by atoms with E-state index < -0.39 is 29.6 Å². The molecule has 0 aromatic heterocycles. The molecule has 1 fully saturated rings. The maximum absolute atomic E-state index is 13.2. The van der Waals surface area contributed by atoms with Crippen LogP contribution in [0.15, 0.2) is 48.0 Å². The van der Waals surface area contributed by atoms with Gasteiger partial charge in [0.15, 0.2) is 18.1 Å². The number of hydrogen-bond acceptors (Lipinski definition) is 7. The molecule has 1 aliphatic rings. The first-order valence-corrected chi connectivity index (χ1v) is 9.47. The van der Waals surface area contributed by atoms with Crippen LogP contribution in [0.4, 0.5) is 14.9 Å². The largest absolute Gasteiger partial charge is 0.493 e. The second-order valence-electron chi connectivity index (χ2n) is 6.44. The van der Waals surface area contributed by atoms with Crippen molar-refractivity contribution in [2.24, 2.45) is 0 Å². The number of hydrogen-bond donors (Lipinski definition) is 1. The van der Waals surface area contributed by atoms with Gasteiger partial charge >= 0.3 is 12.0 Å². The predicted molar refractivity (Wildman–Crippen MR) is 111 cm³/mol.